The number of carbonyl (C=O) groups is 1. The number of hydrogen-bond acceptors (Lipinski definition) is 2. The molecule has 1 aliphatic heterocycles. The third-order valence-electron chi connectivity index (χ3n) is 6.34. The molecule has 1 N–H and O–H groups in total. The van der Waals surface area contributed by atoms with E-state index in [4.69, 9.17) is 4.98 Å². The van der Waals surface area contributed by atoms with Crippen LogP contribution in [0.1, 0.15) is 43.5 Å². The number of imidazole rings is 1. The van der Waals surface area contributed by atoms with E-state index in [1.807, 2.05) is 30.3 Å². The Hall–Kier alpha value is -2.95. The van der Waals surface area contributed by atoms with Crippen LogP contribution in [0.3, 0.4) is 0 Å². The van der Waals surface area contributed by atoms with Gasteiger partial charge in [-0.15, -0.1) is 0 Å². The molecule has 0 atom stereocenters. The molecule has 1 amide bonds. The minimum atomic E-state index is -0.633. The summed E-state index contributed by atoms with van der Waals surface area (Å²) in [5.41, 5.74) is 2.82. The molecular weight excluding hydrogens is 365 g/mol. The summed E-state index contributed by atoms with van der Waals surface area (Å²) < 4.78 is 16.0. The fourth-order valence-electron chi connectivity index (χ4n) is 4.52. The highest BCUT2D eigenvalue weighted by Crippen LogP contribution is 2.44. The van der Waals surface area contributed by atoms with Crippen molar-refractivity contribution in [1.29, 1.82) is 0 Å². The predicted octanol–water partition coefficient (Wildman–Crippen LogP) is 5.09. The van der Waals surface area contributed by atoms with Crippen molar-refractivity contribution in [2.24, 2.45) is 0 Å². The predicted molar refractivity (Wildman–Crippen MR) is 111 cm³/mol. The van der Waals surface area contributed by atoms with Gasteiger partial charge in [0.25, 0.3) is 0 Å². The van der Waals surface area contributed by atoms with Crippen molar-refractivity contribution >= 4 is 11.6 Å². The molecule has 4 nitrogen and oxygen atoms in total. The first-order valence-electron chi connectivity index (χ1n) is 10.4. The van der Waals surface area contributed by atoms with Crippen LogP contribution in [-0.2, 0) is 23.2 Å². The quantitative estimate of drug-likeness (QED) is 0.676. The van der Waals surface area contributed by atoms with Gasteiger partial charge in [0.1, 0.15) is 11.6 Å². The van der Waals surface area contributed by atoms with Gasteiger partial charge >= 0.3 is 0 Å². The summed E-state index contributed by atoms with van der Waals surface area (Å²) in [6.07, 6.45) is 7.98. The van der Waals surface area contributed by atoms with Gasteiger partial charge in [-0.25, -0.2) is 9.37 Å². The molecule has 0 radical (unpaired) electrons. The van der Waals surface area contributed by atoms with Crippen LogP contribution in [-0.4, -0.2) is 15.5 Å². The Morgan fingerprint density at radius 3 is 2.69 bits per heavy atom. The number of fused-ring (bicyclic) bond motifs is 1. The third kappa shape index (κ3) is 3.24. The Morgan fingerprint density at radius 1 is 1.07 bits per heavy atom. The van der Waals surface area contributed by atoms with Crippen molar-refractivity contribution in [3.63, 3.8) is 0 Å². The number of anilines is 1. The van der Waals surface area contributed by atoms with Crippen LogP contribution >= 0.6 is 0 Å². The summed E-state index contributed by atoms with van der Waals surface area (Å²) >= 11 is 0. The number of aromatic nitrogens is 2. The molecule has 3 aromatic rings. The second-order valence-electron chi connectivity index (χ2n) is 8.17. The zero-order valence-electron chi connectivity index (χ0n) is 16.3. The lowest BCUT2D eigenvalue weighted by Crippen LogP contribution is -2.46. The number of halogens is 1. The number of carbonyl (C=O) groups excluding carboxylic acids is 1. The molecule has 2 aromatic carbocycles. The zero-order chi connectivity index (χ0) is 19.8. The lowest BCUT2D eigenvalue weighted by molar-refractivity contribution is -0.124. The SMILES string of the molecule is O=C(Nc1cccc(-c2cn3c(n2)CCCC3)c1)C1(c2cccc(F)c2)CCC1. The van der Waals surface area contributed by atoms with E-state index in [1.165, 1.54) is 25.0 Å². The molecule has 0 saturated heterocycles. The Labute approximate surface area is 169 Å². The second kappa shape index (κ2) is 7.14. The van der Waals surface area contributed by atoms with E-state index < -0.39 is 5.41 Å². The van der Waals surface area contributed by atoms with Crippen molar-refractivity contribution in [2.45, 2.75) is 50.5 Å². The van der Waals surface area contributed by atoms with Crippen molar-refractivity contribution in [3.05, 3.63) is 71.9 Å². The van der Waals surface area contributed by atoms with Gasteiger partial charge in [-0.2, -0.15) is 0 Å². The Bertz CT molecular complexity index is 1040. The summed E-state index contributed by atoms with van der Waals surface area (Å²) in [5, 5.41) is 3.08. The van der Waals surface area contributed by atoms with Gasteiger partial charge in [0, 0.05) is 30.4 Å². The molecule has 1 aromatic heterocycles. The Morgan fingerprint density at radius 2 is 1.93 bits per heavy atom. The van der Waals surface area contributed by atoms with Crippen molar-refractivity contribution in [1.82, 2.24) is 9.55 Å². The number of hydrogen-bond donors (Lipinski definition) is 1. The molecule has 5 rings (SSSR count). The summed E-state index contributed by atoms with van der Waals surface area (Å²) in [4.78, 5) is 18.0. The minimum Gasteiger partial charge on any atom is -0.334 e. The van der Waals surface area contributed by atoms with E-state index in [9.17, 15) is 9.18 Å². The van der Waals surface area contributed by atoms with Crippen LogP contribution in [0.15, 0.2) is 54.7 Å². The largest absolute Gasteiger partial charge is 0.334 e. The molecule has 29 heavy (non-hydrogen) atoms. The van der Waals surface area contributed by atoms with E-state index in [1.54, 1.807) is 6.07 Å². The average molecular weight is 389 g/mol. The molecule has 1 saturated carbocycles. The van der Waals surface area contributed by atoms with Gasteiger partial charge in [-0.1, -0.05) is 30.7 Å². The Balaban J connectivity index is 1.40. The second-order valence-corrected chi connectivity index (χ2v) is 8.17. The van der Waals surface area contributed by atoms with Gasteiger partial charge < -0.3 is 9.88 Å². The first-order valence-corrected chi connectivity index (χ1v) is 10.4. The van der Waals surface area contributed by atoms with E-state index in [0.717, 1.165) is 60.6 Å². The van der Waals surface area contributed by atoms with Crippen molar-refractivity contribution in [3.8, 4) is 11.3 Å². The highest BCUT2D eigenvalue weighted by molar-refractivity contribution is 6.00. The Kier molecular flexibility index (Phi) is 4.46. The first-order chi connectivity index (χ1) is 14.1. The normalized spacial score (nSPS) is 17.3. The number of benzene rings is 2. The number of nitrogens with one attached hydrogen (secondary N) is 1. The average Bonchev–Trinajstić information content (AvgIpc) is 3.12. The molecule has 2 aliphatic rings. The molecule has 148 valence electrons. The summed E-state index contributed by atoms with van der Waals surface area (Å²) in [5.74, 6) is 0.781. The third-order valence-corrected chi connectivity index (χ3v) is 6.34. The van der Waals surface area contributed by atoms with Gasteiger partial charge in [0.15, 0.2) is 0 Å². The van der Waals surface area contributed by atoms with Crippen LogP contribution in [0, 0.1) is 5.82 Å². The summed E-state index contributed by atoms with van der Waals surface area (Å²) in [6.45, 7) is 1.02. The van der Waals surface area contributed by atoms with Crippen LogP contribution in [0.2, 0.25) is 0 Å². The van der Waals surface area contributed by atoms with E-state index in [2.05, 4.69) is 16.1 Å². The van der Waals surface area contributed by atoms with E-state index in [0.29, 0.717) is 0 Å². The fourth-order valence-corrected chi connectivity index (χ4v) is 4.52. The number of rotatable bonds is 4. The highest BCUT2D eigenvalue weighted by Gasteiger charge is 2.45. The maximum Gasteiger partial charge on any atom is 0.235 e. The van der Waals surface area contributed by atoms with Crippen molar-refractivity contribution < 1.29 is 9.18 Å². The fraction of sp³-hybridized carbons (Fsp3) is 0.333. The molecule has 5 heteroatoms. The van der Waals surface area contributed by atoms with Crippen LogP contribution < -0.4 is 5.32 Å². The standard InChI is InChI=1S/C24H24FN3O/c25-19-8-4-7-18(15-19)24(11-5-12-24)23(29)26-20-9-3-6-17(14-20)21-16-28-13-2-1-10-22(28)27-21/h3-4,6-9,14-16H,1-2,5,10-13H2,(H,26,29). The topological polar surface area (TPSA) is 46.9 Å². The van der Waals surface area contributed by atoms with Crippen LogP contribution in [0.4, 0.5) is 10.1 Å². The van der Waals surface area contributed by atoms with Crippen LogP contribution in [0.25, 0.3) is 11.3 Å². The van der Waals surface area contributed by atoms with Crippen molar-refractivity contribution in [2.75, 3.05) is 5.32 Å². The lowest BCUT2D eigenvalue weighted by Gasteiger charge is -2.40. The molecule has 1 fully saturated rings. The molecule has 1 aliphatic carbocycles. The minimum absolute atomic E-state index is 0.0596. The maximum absolute atomic E-state index is 13.7. The first kappa shape index (κ1) is 18.1. The number of nitrogens with zero attached hydrogens (tertiary/aromatic N) is 2. The summed E-state index contributed by atoms with van der Waals surface area (Å²) in [6, 6.07) is 14.3. The zero-order valence-corrected chi connectivity index (χ0v) is 16.3. The highest BCUT2D eigenvalue weighted by atomic mass is 19.1. The van der Waals surface area contributed by atoms with Crippen LogP contribution in [0.5, 0.6) is 0 Å². The molecule has 0 bridgehead atoms. The maximum atomic E-state index is 13.7. The monoisotopic (exact) mass is 389 g/mol. The van der Waals surface area contributed by atoms with E-state index >= 15 is 0 Å². The van der Waals surface area contributed by atoms with Gasteiger partial charge in [-0.05, 0) is 55.5 Å². The van der Waals surface area contributed by atoms with Gasteiger partial charge in [0.05, 0.1) is 11.1 Å². The summed E-state index contributed by atoms with van der Waals surface area (Å²) in [7, 11) is 0. The molecule has 0 spiro atoms. The number of aryl methyl sites for hydroxylation is 2. The van der Waals surface area contributed by atoms with E-state index in [-0.39, 0.29) is 11.7 Å². The number of amides is 1. The van der Waals surface area contributed by atoms with Gasteiger partial charge in [-0.3, -0.25) is 4.79 Å². The molecule has 2 heterocycles. The smallest absolute Gasteiger partial charge is 0.235 e. The van der Waals surface area contributed by atoms with Gasteiger partial charge in [0.2, 0.25) is 5.91 Å². The molecule has 0 unspecified atom stereocenters. The lowest BCUT2D eigenvalue weighted by atomic mass is 9.63. The molecular formula is C24H24FN3O.